The second kappa shape index (κ2) is 11.5. The number of carbonyl (C=O) groups is 1. The third kappa shape index (κ3) is 13.0. The van der Waals surface area contributed by atoms with Gasteiger partial charge in [-0.05, 0) is 6.42 Å². The minimum absolute atomic E-state index is 0.156. The molecule has 0 saturated carbocycles. The lowest BCUT2D eigenvalue weighted by Crippen LogP contribution is -2.32. The van der Waals surface area contributed by atoms with Gasteiger partial charge in [-0.3, -0.25) is 0 Å². The Bertz CT molecular complexity index is 178. The zero-order chi connectivity index (χ0) is 13.7. The molecule has 6 heteroatoms. The molecular weight excluding hydrogens is 228 g/mol. The Morgan fingerprint density at radius 1 is 1.29 bits per heavy atom. The Balaban J connectivity index is 0. The molecule has 102 valence electrons. The summed E-state index contributed by atoms with van der Waals surface area (Å²) in [4.78, 5) is 9.25. The van der Waals surface area contributed by atoms with Gasteiger partial charge < -0.3 is 25.2 Å². The largest absolute Gasteiger partial charge is 0.478 e. The fourth-order valence-electron chi connectivity index (χ4n) is 0.485. The molecular formula is C11H22O6. The molecule has 1 fully saturated rings. The first-order valence-electron chi connectivity index (χ1n) is 5.27. The van der Waals surface area contributed by atoms with Gasteiger partial charge in [-0.1, -0.05) is 13.5 Å². The van der Waals surface area contributed by atoms with Gasteiger partial charge in [0.2, 0.25) is 0 Å². The second-order valence-corrected chi connectivity index (χ2v) is 3.48. The Morgan fingerprint density at radius 2 is 1.59 bits per heavy atom. The number of aliphatic hydroxyl groups is 3. The highest BCUT2D eigenvalue weighted by atomic mass is 16.6. The van der Waals surface area contributed by atoms with E-state index in [9.17, 15) is 4.79 Å². The molecule has 0 atom stereocenters. The molecule has 1 rings (SSSR count). The van der Waals surface area contributed by atoms with Crippen molar-refractivity contribution < 1.29 is 30.0 Å². The van der Waals surface area contributed by atoms with Gasteiger partial charge in [0.05, 0.1) is 33.0 Å². The van der Waals surface area contributed by atoms with Gasteiger partial charge >= 0.3 is 5.97 Å². The summed E-state index contributed by atoms with van der Waals surface area (Å²) >= 11 is 0. The Labute approximate surface area is 101 Å². The van der Waals surface area contributed by atoms with Crippen molar-refractivity contribution >= 4 is 5.97 Å². The van der Waals surface area contributed by atoms with E-state index in [0.29, 0.717) is 6.42 Å². The summed E-state index contributed by atoms with van der Waals surface area (Å²) in [7, 11) is 0. The van der Waals surface area contributed by atoms with E-state index in [4.69, 9.17) is 20.4 Å². The highest BCUT2D eigenvalue weighted by molar-refractivity contribution is 5.78. The van der Waals surface area contributed by atoms with Gasteiger partial charge in [0, 0.05) is 11.5 Å². The minimum Gasteiger partial charge on any atom is -0.478 e. The van der Waals surface area contributed by atoms with Crippen molar-refractivity contribution in [2.45, 2.75) is 13.3 Å². The molecule has 0 aromatic heterocycles. The first-order chi connectivity index (χ1) is 8.01. The maximum Gasteiger partial charge on any atom is 0.327 e. The first-order valence-corrected chi connectivity index (χ1v) is 5.27. The molecule has 0 aromatic carbocycles. The first kappa shape index (κ1) is 18.4. The topological polar surface area (TPSA) is 111 Å². The van der Waals surface area contributed by atoms with E-state index in [1.165, 1.54) is 0 Å². The number of epoxide rings is 1. The maximum atomic E-state index is 9.25. The molecule has 4 N–H and O–H groups in total. The van der Waals surface area contributed by atoms with Crippen LogP contribution in [0.4, 0.5) is 0 Å². The van der Waals surface area contributed by atoms with Crippen molar-refractivity contribution in [3.63, 3.8) is 0 Å². The predicted molar refractivity (Wildman–Crippen MR) is 62.6 cm³/mol. The Morgan fingerprint density at radius 3 is 1.59 bits per heavy atom. The molecule has 0 bridgehead atoms. The number of carboxylic acids is 1. The third-order valence-electron chi connectivity index (χ3n) is 2.13. The number of hydrogen-bond donors (Lipinski definition) is 4. The van der Waals surface area contributed by atoms with Gasteiger partial charge in [-0.15, -0.1) is 0 Å². The van der Waals surface area contributed by atoms with E-state index in [0.717, 1.165) is 19.3 Å². The molecule has 0 amide bonds. The van der Waals surface area contributed by atoms with Crippen LogP contribution in [0.2, 0.25) is 0 Å². The highest BCUT2D eigenvalue weighted by Crippen LogP contribution is 2.18. The zero-order valence-electron chi connectivity index (χ0n) is 10.1. The van der Waals surface area contributed by atoms with Crippen LogP contribution in [0.1, 0.15) is 13.3 Å². The number of hydrogen-bond acceptors (Lipinski definition) is 5. The van der Waals surface area contributed by atoms with E-state index in [2.05, 4.69) is 11.3 Å². The summed E-state index contributed by atoms with van der Waals surface area (Å²) in [6.07, 6.45) is 1.43. The normalized spacial score (nSPS) is 12.5. The van der Waals surface area contributed by atoms with E-state index >= 15 is 0 Å². The molecule has 0 spiro atoms. The van der Waals surface area contributed by atoms with Crippen LogP contribution in [-0.2, 0) is 9.53 Å². The summed E-state index contributed by atoms with van der Waals surface area (Å²) < 4.78 is 4.50. The lowest BCUT2D eigenvalue weighted by Gasteiger charge is -2.24. The lowest BCUT2D eigenvalue weighted by molar-refractivity contribution is -0.131. The van der Waals surface area contributed by atoms with Crippen LogP contribution in [0.25, 0.3) is 0 Å². The Kier molecular flexibility index (Phi) is 12.5. The van der Waals surface area contributed by atoms with Crippen molar-refractivity contribution in [2.75, 3.05) is 33.0 Å². The quantitative estimate of drug-likeness (QED) is 0.391. The molecule has 1 heterocycles. The Hall–Kier alpha value is -0.950. The lowest BCUT2D eigenvalue weighted by atomic mass is 9.88. The van der Waals surface area contributed by atoms with Gasteiger partial charge in [0.25, 0.3) is 0 Å². The fraction of sp³-hybridized carbons (Fsp3) is 0.727. The fourth-order valence-corrected chi connectivity index (χ4v) is 0.485. The minimum atomic E-state index is -0.981. The number of aliphatic carboxylic acids is 1. The molecule has 1 saturated heterocycles. The third-order valence-corrected chi connectivity index (χ3v) is 2.13. The van der Waals surface area contributed by atoms with E-state index < -0.39 is 11.4 Å². The molecule has 6 nitrogen and oxygen atoms in total. The molecule has 0 aromatic rings. The van der Waals surface area contributed by atoms with Crippen LogP contribution in [0.3, 0.4) is 0 Å². The molecule has 17 heavy (non-hydrogen) atoms. The SMILES string of the molecule is C1CO1.C=CC(=O)O.CCC(CO)(CO)CO. The summed E-state index contributed by atoms with van der Waals surface area (Å²) in [5.74, 6) is -0.981. The average Bonchev–Trinajstić information content (AvgIpc) is 3.21. The van der Waals surface area contributed by atoms with Crippen LogP contribution in [0.5, 0.6) is 0 Å². The highest BCUT2D eigenvalue weighted by Gasteiger charge is 2.24. The summed E-state index contributed by atoms with van der Waals surface area (Å²) in [5.41, 5.74) is -0.667. The summed E-state index contributed by atoms with van der Waals surface area (Å²) in [6.45, 7) is 6.31. The summed E-state index contributed by atoms with van der Waals surface area (Å²) in [6, 6.07) is 0. The van der Waals surface area contributed by atoms with E-state index in [1.54, 1.807) is 0 Å². The van der Waals surface area contributed by atoms with Crippen molar-refractivity contribution in [3.05, 3.63) is 12.7 Å². The van der Waals surface area contributed by atoms with Crippen molar-refractivity contribution in [2.24, 2.45) is 5.41 Å². The molecule has 0 radical (unpaired) electrons. The number of ether oxygens (including phenoxy) is 1. The van der Waals surface area contributed by atoms with Gasteiger partial charge in [-0.2, -0.15) is 0 Å². The number of carboxylic acid groups (broad SMARTS) is 1. The van der Waals surface area contributed by atoms with E-state index in [-0.39, 0.29) is 19.8 Å². The van der Waals surface area contributed by atoms with Gasteiger partial charge in [-0.25, -0.2) is 4.79 Å². The smallest absolute Gasteiger partial charge is 0.327 e. The number of rotatable bonds is 5. The molecule has 0 aliphatic carbocycles. The van der Waals surface area contributed by atoms with Crippen LogP contribution >= 0.6 is 0 Å². The molecule has 1 aliphatic rings. The maximum absolute atomic E-state index is 9.25. The van der Waals surface area contributed by atoms with Crippen LogP contribution in [-0.4, -0.2) is 59.4 Å². The molecule has 1 aliphatic heterocycles. The van der Waals surface area contributed by atoms with Crippen LogP contribution in [0.15, 0.2) is 12.7 Å². The van der Waals surface area contributed by atoms with Gasteiger partial charge in [0.1, 0.15) is 0 Å². The van der Waals surface area contributed by atoms with E-state index in [1.807, 2.05) is 6.92 Å². The van der Waals surface area contributed by atoms with Crippen molar-refractivity contribution in [1.82, 2.24) is 0 Å². The van der Waals surface area contributed by atoms with Crippen LogP contribution < -0.4 is 0 Å². The van der Waals surface area contributed by atoms with Crippen LogP contribution in [0, 0.1) is 5.41 Å². The number of aliphatic hydroxyl groups excluding tert-OH is 3. The van der Waals surface area contributed by atoms with Crippen molar-refractivity contribution in [1.29, 1.82) is 0 Å². The van der Waals surface area contributed by atoms with Gasteiger partial charge in [0.15, 0.2) is 0 Å². The standard InChI is InChI=1S/C6H14O3.C3H4O2.C2H4O/c1-2-6(3-7,4-8)5-9;1-2-3(4)5;1-2-3-1/h7-9H,2-5H2,1H3;2H,1H2,(H,4,5);1-2H2. The second-order valence-electron chi connectivity index (χ2n) is 3.48. The average molecular weight is 250 g/mol. The molecule has 0 unspecified atom stereocenters. The predicted octanol–water partition coefficient (Wildman–Crippen LogP) is -0.367. The monoisotopic (exact) mass is 250 g/mol. The van der Waals surface area contributed by atoms with Crippen molar-refractivity contribution in [3.8, 4) is 0 Å². The zero-order valence-corrected chi connectivity index (χ0v) is 10.1. The summed E-state index contributed by atoms with van der Waals surface area (Å²) in [5, 5.41) is 33.6.